The number of nitrogens with one attached hydrogen (secondary N) is 2. The van der Waals surface area contributed by atoms with E-state index in [-0.39, 0.29) is 23.3 Å². The van der Waals surface area contributed by atoms with E-state index in [1.807, 2.05) is 0 Å². The van der Waals surface area contributed by atoms with Gasteiger partial charge in [-0.25, -0.2) is 13.1 Å². The molecule has 2 heterocycles. The molecule has 3 rings (SSSR count). The van der Waals surface area contributed by atoms with Crippen molar-refractivity contribution in [3.8, 4) is 0 Å². The van der Waals surface area contributed by atoms with Gasteiger partial charge in [0.15, 0.2) is 0 Å². The monoisotopic (exact) mass is 334 g/mol. The van der Waals surface area contributed by atoms with E-state index in [0.717, 1.165) is 31.1 Å². The number of benzene rings is 1. The molecule has 110 valence electrons. The van der Waals surface area contributed by atoms with Gasteiger partial charge in [0.05, 0.1) is 11.7 Å². The lowest BCUT2D eigenvalue weighted by Crippen LogP contribution is -2.37. The summed E-state index contributed by atoms with van der Waals surface area (Å²) in [7, 11) is -3.53. The van der Waals surface area contributed by atoms with Crippen molar-refractivity contribution in [1.29, 1.82) is 0 Å². The van der Waals surface area contributed by atoms with Crippen LogP contribution in [0.25, 0.3) is 11.0 Å². The first-order valence-corrected chi connectivity index (χ1v) is 8.32. The largest absolute Gasteiger partial charge is 0.313 e. The number of sulfonamides is 1. The lowest BCUT2D eigenvalue weighted by molar-refractivity contribution is 0.552. The van der Waals surface area contributed by atoms with Gasteiger partial charge in [-0.2, -0.15) is 8.75 Å². The van der Waals surface area contributed by atoms with Crippen molar-refractivity contribution in [1.82, 2.24) is 18.8 Å². The van der Waals surface area contributed by atoms with E-state index in [1.165, 1.54) is 0 Å². The third kappa shape index (κ3) is 3.09. The number of fused-ring (bicyclic) bond motifs is 1. The maximum Gasteiger partial charge on any atom is 0.242 e. The van der Waals surface area contributed by atoms with Crippen molar-refractivity contribution in [2.45, 2.75) is 23.8 Å². The van der Waals surface area contributed by atoms with E-state index in [0.29, 0.717) is 17.6 Å². The van der Waals surface area contributed by atoms with Gasteiger partial charge in [0.2, 0.25) is 10.0 Å². The second kappa shape index (κ2) is 6.31. The summed E-state index contributed by atoms with van der Waals surface area (Å²) in [5.74, 6) is 0. The van der Waals surface area contributed by atoms with Gasteiger partial charge < -0.3 is 5.32 Å². The van der Waals surface area contributed by atoms with E-state index in [2.05, 4.69) is 18.8 Å². The Morgan fingerprint density at radius 2 is 2.25 bits per heavy atom. The van der Waals surface area contributed by atoms with Crippen LogP contribution in [0.1, 0.15) is 12.8 Å². The minimum atomic E-state index is -3.53. The van der Waals surface area contributed by atoms with Gasteiger partial charge in [-0.1, -0.05) is 6.07 Å². The Morgan fingerprint density at radius 1 is 1.40 bits per heavy atom. The fourth-order valence-electron chi connectivity index (χ4n) is 2.22. The summed E-state index contributed by atoms with van der Waals surface area (Å²) in [5, 5.41) is 3.26. The van der Waals surface area contributed by atoms with E-state index >= 15 is 0 Å². The molecule has 1 aromatic carbocycles. The molecular weight excluding hydrogens is 320 g/mol. The molecular formula is C11H15ClN4O2S2. The van der Waals surface area contributed by atoms with E-state index in [1.54, 1.807) is 18.2 Å². The summed E-state index contributed by atoms with van der Waals surface area (Å²) in [5.41, 5.74) is 1.06. The predicted molar refractivity (Wildman–Crippen MR) is 80.9 cm³/mol. The molecule has 0 bridgehead atoms. The SMILES string of the molecule is Cl.O=S(=O)(NCC1CCCN1)c1cccc2nsnc12. The Labute approximate surface area is 127 Å². The van der Waals surface area contributed by atoms with Gasteiger partial charge in [-0.05, 0) is 31.5 Å². The zero-order valence-electron chi connectivity index (χ0n) is 10.6. The van der Waals surface area contributed by atoms with E-state index in [4.69, 9.17) is 0 Å². The average Bonchev–Trinajstić information content (AvgIpc) is 3.06. The van der Waals surface area contributed by atoms with Crippen molar-refractivity contribution < 1.29 is 8.42 Å². The molecule has 1 fully saturated rings. The van der Waals surface area contributed by atoms with Crippen LogP contribution >= 0.6 is 24.1 Å². The van der Waals surface area contributed by atoms with Crippen LogP contribution in [0.5, 0.6) is 0 Å². The Balaban J connectivity index is 0.00000147. The van der Waals surface area contributed by atoms with Crippen LogP contribution in [0.4, 0.5) is 0 Å². The highest BCUT2D eigenvalue weighted by Gasteiger charge is 2.22. The number of halogens is 1. The lowest BCUT2D eigenvalue weighted by Gasteiger charge is -2.12. The van der Waals surface area contributed by atoms with Crippen molar-refractivity contribution in [2.24, 2.45) is 0 Å². The molecule has 6 nitrogen and oxygen atoms in total. The van der Waals surface area contributed by atoms with Gasteiger partial charge in [0, 0.05) is 12.6 Å². The molecule has 2 N–H and O–H groups in total. The third-order valence-electron chi connectivity index (χ3n) is 3.22. The maximum absolute atomic E-state index is 12.3. The molecule has 0 saturated carbocycles. The van der Waals surface area contributed by atoms with Crippen molar-refractivity contribution >= 4 is 45.2 Å². The van der Waals surface area contributed by atoms with Crippen LogP contribution in [0.3, 0.4) is 0 Å². The molecule has 1 aromatic heterocycles. The molecule has 9 heteroatoms. The summed E-state index contributed by atoms with van der Waals surface area (Å²) in [4.78, 5) is 0.205. The smallest absolute Gasteiger partial charge is 0.242 e. The average molecular weight is 335 g/mol. The Hall–Kier alpha value is -0.800. The van der Waals surface area contributed by atoms with Crippen LogP contribution in [0.2, 0.25) is 0 Å². The van der Waals surface area contributed by atoms with Crippen LogP contribution in [-0.2, 0) is 10.0 Å². The molecule has 1 unspecified atom stereocenters. The zero-order valence-corrected chi connectivity index (χ0v) is 13.0. The number of hydrogen-bond donors (Lipinski definition) is 2. The molecule has 1 aliphatic rings. The fourth-order valence-corrected chi connectivity index (χ4v) is 4.06. The zero-order chi connectivity index (χ0) is 13.3. The second-order valence-electron chi connectivity index (χ2n) is 4.53. The first-order chi connectivity index (χ1) is 9.17. The second-order valence-corrected chi connectivity index (χ2v) is 6.80. The Kier molecular flexibility index (Phi) is 4.92. The quantitative estimate of drug-likeness (QED) is 0.876. The Morgan fingerprint density at radius 3 is 3.00 bits per heavy atom. The minimum Gasteiger partial charge on any atom is -0.313 e. The highest BCUT2D eigenvalue weighted by molar-refractivity contribution is 7.89. The normalized spacial score (nSPS) is 19.1. The summed E-state index contributed by atoms with van der Waals surface area (Å²) < 4.78 is 35.4. The molecule has 2 aromatic rings. The molecule has 1 atom stereocenters. The Bertz CT molecular complexity index is 683. The minimum absolute atomic E-state index is 0. The maximum atomic E-state index is 12.3. The molecule has 0 aliphatic carbocycles. The van der Waals surface area contributed by atoms with Crippen LogP contribution in [0.15, 0.2) is 23.1 Å². The van der Waals surface area contributed by atoms with Gasteiger partial charge >= 0.3 is 0 Å². The van der Waals surface area contributed by atoms with E-state index in [9.17, 15) is 8.42 Å². The van der Waals surface area contributed by atoms with Crippen LogP contribution < -0.4 is 10.0 Å². The predicted octanol–water partition coefficient (Wildman–Crippen LogP) is 1.14. The van der Waals surface area contributed by atoms with Crippen molar-refractivity contribution in [3.63, 3.8) is 0 Å². The highest BCUT2D eigenvalue weighted by Crippen LogP contribution is 2.20. The van der Waals surface area contributed by atoms with Gasteiger partial charge in [0.25, 0.3) is 0 Å². The molecule has 1 aliphatic heterocycles. The van der Waals surface area contributed by atoms with Gasteiger partial charge in [-0.15, -0.1) is 12.4 Å². The topological polar surface area (TPSA) is 84.0 Å². The fraction of sp³-hybridized carbons (Fsp3) is 0.455. The summed E-state index contributed by atoms with van der Waals surface area (Å²) in [6.45, 7) is 1.37. The number of aromatic nitrogens is 2. The first kappa shape index (κ1) is 15.6. The highest BCUT2D eigenvalue weighted by atomic mass is 35.5. The first-order valence-electron chi connectivity index (χ1n) is 6.11. The number of hydrogen-bond acceptors (Lipinski definition) is 6. The molecule has 1 saturated heterocycles. The van der Waals surface area contributed by atoms with Gasteiger partial charge in [-0.3, -0.25) is 0 Å². The summed E-state index contributed by atoms with van der Waals surface area (Å²) in [6.07, 6.45) is 2.10. The molecule has 0 radical (unpaired) electrons. The van der Waals surface area contributed by atoms with Crippen LogP contribution in [-0.4, -0.2) is 36.3 Å². The molecule has 0 amide bonds. The standard InChI is InChI=1S/C11H14N4O2S2.ClH/c16-19(17,13-7-8-3-2-6-12-8)10-5-1-4-9-11(10)15-18-14-9;/h1,4-5,8,12-13H,2-3,6-7H2;1H. The lowest BCUT2D eigenvalue weighted by atomic mass is 10.2. The van der Waals surface area contributed by atoms with Crippen molar-refractivity contribution in [3.05, 3.63) is 18.2 Å². The number of nitrogens with zero attached hydrogens (tertiary/aromatic N) is 2. The molecule has 0 spiro atoms. The summed E-state index contributed by atoms with van der Waals surface area (Å²) in [6, 6.07) is 5.24. The van der Waals surface area contributed by atoms with Crippen molar-refractivity contribution in [2.75, 3.05) is 13.1 Å². The summed E-state index contributed by atoms with van der Waals surface area (Å²) >= 11 is 1.02. The van der Waals surface area contributed by atoms with Gasteiger partial charge in [0.1, 0.15) is 15.9 Å². The van der Waals surface area contributed by atoms with E-state index < -0.39 is 10.0 Å². The molecule has 20 heavy (non-hydrogen) atoms. The van der Waals surface area contributed by atoms with Crippen LogP contribution in [0, 0.1) is 0 Å². The number of rotatable bonds is 4. The third-order valence-corrected chi connectivity index (χ3v) is 5.22.